The van der Waals surface area contributed by atoms with E-state index in [0.717, 1.165) is 19.8 Å². The lowest BCUT2D eigenvalue weighted by Crippen LogP contribution is -1.86. The number of halogens is 2. The van der Waals surface area contributed by atoms with Crippen LogP contribution in [0.25, 0.3) is 43.2 Å². The lowest BCUT2D eigenvalue weighted by molar-refractivity contribution is 1.40. The van der Waals surface area contributed by atoms with E-state index in [-0.39, 0.29) is 0 Å². The van der Waals surface area contributed by atoms with E-state index in [4.69, 9.17) is 0 Å². The number of fused-ring (bicyclic) bond motifs is 6. The van der Waals surface area contributed by atoms with E-state index in [1.807, 2.05) is 6.20 Å². The first-order chi connectivity index (χ1) is 11.7. The van der Waals surface area contributed by atoms with Crippen molar-refractivity contribution >= 4 is 75.1 Å². The van der Waals surface area contributed by atoms with Crippen molar-refractivity contribution in [3.63, 3.8) is 0 Å². The highest BCUT2D eigenvalue weighted by Gasteiger charge is 2.10. The third kappa shape index (κ3) is 2.08. The van der Waals surface area contributed by atoms with Crippen LogP contribution < -0.4 is 0 Å². The second-order valence-electron chi connectivity index (χ2n) is 5.99. The maximum absolute atomic E-state index is 4.65. The van der Waals surface area contributed by atoms with E-state index in [1.54, 1.807) is 0 Å². The molecular weight excluding hydrogens is 426 g/mol. The van der Waals surface area contributed by atoms with Crippen LogP contribution in [0.1, 0.15) is 0 Å². The Hall–Kier alpha value is -1.97. The van der Waals surface area contributed by atoms with Gasteiger partial charge in [-0.05, 0) is 67.1 Å². The summed E-state index contributed by atoms with van der Waals surface area (Å²) >= 11 is 7.27. The van der Waals surface area contributed by atoms with Crippen LogP contribution >= 0.6 is 31.9 Å². The van der Waals surface area contributed by atoms with Gasteiger partial charge in [0.1, 0.15) is 0 Å². The van der Waals surface area contributed by atoms with Crippen LogP contribution in [-0.2, 0) is 0 Å². The Morgan fingerprint density at radius 1 is 0.625 bits per heavy atom. The van der Waals surface area contributed by atoms with Gasteiger partial charge in [-0.2, -0.15) is 0 Å². The molecule has 114 valence electrons. The minimum absolute atomic E-state index is 1.00. The van der Waals surface area contributed by atoms with Crippen molar-refractivity contribution in [2.75, 3.05) is 0 Å². The Kier molecular flexibility index (Phi) is 3.15. The van der Waals surface area contributed by atoms with Crippen molar-refractivity contribution in [3.8, 4) is 0 Å². The fraction of sp³-hybridized carbons (Fsp3) is 0. The molecule has 3 heteroatoms. The number of aromatic nitrogens is 1. The summed E-state index contributed by atoms with van der Waals surface area (Å²) in [6, 6.07) is 21.7. The highest BCUT2D eigenvalue weighted by atomic mass is 79.9. The molecule has 0 aliphatic heterocycles. The molecule has 1 aromatic heterocycles. The predicted molar refractivity (Wildman–Crippen MR) is 110 cm³/mol. The van der Waals surface area contributed by atoms with E-state index >= 15 is 0 Å². The van der Waals surface area contributed by atoms with E-state index in [0.29, 0.717) is 0 Å². The van der Waals surface area contributed by atoms with Crippen molar-refractivity contribution < 1.29 is 0 Å². The molecule has 0 bridgehead atoms. The second kappa shape index (κ2) is 5.27. The smallest absolute Gasteiger partial charge is 0.0781 e. The molecule has 0 atom stereocenters. The van der Waals surface area contributed by atoms with Gasteiger partial charge in [-0.25, -0.2) is 0 Å². The summed E-state index contributed by atoms with van der Waals surface area (Å²) in [5.74, 6) is 0. The van der Waals surface area contributed by atoms with Gasteiger partial charge in [0.25, 0.3) is 0 Å². The Morgan fingerprint density at radius 3 is 2.17 bits per heavy atom. The monoisotopic (exact) mass is 435 g/mol. The SMILES string of the molecule is Brc1cnc2c(ccc3c4cc5ccccc5cc4c(Br)cc32)c1. The third-order valence-electron chi connectivity index (χ3n) is 4.56. The van der Waals surface area contributed by atoms with Crippen LogP contribution in [0, 0.1) is 0 Å². The van der Waals surface area contributed by atoms with Crippen LogP contribution in [-0.4, -0.2) is 4.98 Å². The first kappa shape index (κ1) is 14.4. The van der Waals surface area contributed by atoms with E-state index in [9.17, 15) is 0 Å². The molecule has 0 N–H and O–H groups in total. The second-order valence-corrected chi connectivity index (χ2v) is 7.76. The van der Waals surface area contributed by atoms with Crippen LogP contribution in [0.4, 0.5) is 0 Å². The normalized spacial score (nSPS) is 11.8. The molecule has 0 saturated heterocycles. The Labute approximate surface area is 155 Å². The summed E-state index contributed by atoms with van der Waals surface area (Å²) in [4.78, 5) is 4.65. The van der Waals surface area contributed by atoms with Crippen molar-refractivity contribution in [2.45, 2.75) is 0 Å². The zero-order valence-electron chi connectivity index (χ0n) is 12.6. The third-order valence-corrected chi connectivity index (χ3v) is 5.65. The molecule has 0 aliphatic carbocycles. The van der Waals surface area contributed by atoms with Crippen molar-refractivity contribution in [2.24, 2.45) is 0 Å². The fourth-order valence-corrected chi connectivity index (χ4v) is 4.35. The number of benzene rings is 4. The molecule has 0 aliphatic rings. The standard InChI is InChI=1S/C21H11Br2N/c22-15-7-14-5-6-16-17-8-12-3-1-2-4-13(12)9-18(17)20(23)10-19(16)21(14)24-11-15/h1-11H. The summed E-state index contributed by atoms with van der Waals surface area (Å²) in [6.45, 7) is 0. The number of nitrogens with zero attached hydrogens (tertiary/aromatic N) is 1. The first-order valence-corrected chi connectivity index (χ1v) is 9.28. The zero-order chi connectivity index (χ0) is 16.3. The van der Waals surface area contributed by atoms with Crippen LogP contribution in [0.15, 0.2) is 75.8 Å². The summed E-state index contributed by atoms with van der Waals surface area (Å²) < 4.78 is 2.10. The highest BCUT2D eigenvalue weighted by molar-refractivity contribution is 9.11. The van der Waals surface area contributed by atoms with Gasteiger partial charge in [-0.3, -0.25) is 4.98 Å². The van der Waals surface area contributed by atoms with Gasteiger partial charge in [0.05, 0.1) is 5.52 Å². The van der Waals surface area contributed by atoms with Crippen molar-refractivity contribution in [3.05, 3.63) is 75.8 Å². The molecule has 1 heterocycles. The van der Waals surface area contributed by atoms with Crippen LogP contribution in [0.2, 0.25) is 0 Å². The maximum atomic E-state index is 4.65. The Balaban J connectivity index is 2.03. The molecule has 0 radical (unpaired) electrons. The topological polar surface area (TPSA) is 12.9 Å². The van der Waals surface area contributed by atoms with Crippen molar-refractivity contribution in [1.82, 2.24) is 4.98 Å². The number of rotatable bonds is 0. The van der Waals surface area contributed by atoms with E-state index in [1.165, 1.54) is 32.3 Å². The van der Waals surface area contributed by atoms with Gasteiger partial charge in [-0.15, -0.1) is 0 Å². The summed E-state index contributed by atoms with van der Waals surface area (Å²) in [6.07, 6.45) is 1.86. The van der Waals surface area contributed by atoms with Crippen LogP contribution in [0.3, 0.4) is 0 Å². The van der Waals surface area contributed by atoms with Gasteiger partial charge in [-0.1, -0.05) is 52.3 Å². The number of hydrogen-bond donors (Lipinski definition) is 0. The largest absolute Gasteiger partial charge is 0.254 e. The minimum atomic E-state index is 1.00. The predicted octanol–water partition coefficient (Wildman–Crippen LogP) is 7.22. The zero-order valence-corrected chi connectivity index (χ0v) is 15.7. The number of pyridine rings is 1. The maximum Gasteiger partial charge on any atom is 0.0781 e. The van der Waals surface area contributed by atoms with Gasteiger partial charge in [0.2, 0.25) is 0 Å². The lowest BCUT2D eigenvalue weighted by atomic mass is 9.97. The molecular formula is C21H11Br2N. The molecule has 0 amide bonds. The Bertz CT molecular complexity index is 1280. The minimum Gasteiger partial charge on any atom is -0.254 e. The molecule has 1 nitrogen and oxygen atoms in total. The highest BCUT2D eigenvalue weighted by Crippen LogP contribution is 2.37. The lowest BCUT2D eigenvalue weighted by Gasteiger charge is -2.10. The van der Waals surface area contributed by atoms with Gasteiger partial charge < -0.3 is 0 Å². The average molecular weight is 437 g/mol. The molecule has 5 rings (SSSR count). The fourth-order valence-electron chi connectivity index (χ4n) is 3.44. The molecule has 5 aromatic rings. The summed E-state index contributed by atoms with van der Waals surface area (Å²) in [5, 5.41) is 8.56. The first-order valence-electron chi connectivity index (χ1n) is 7.70. The van der Waals surface area contributed by atoms with Gasteiger partial charge >= 0.3 is 0 Å². The quantitative estimate of drug-likeness (QED) is 0.184. The van der Waals surface area contributed by atoms with Gasteiger partial charge in [0, 0.05) is 25.9 Å². The molecule has 0 spiro atoms. The number of hydrogen-bond acceptors (Lipinski definition) is 1. The Morgan fingerprint density at radius 2 is 1.38 bits per heavy atom. The summed E-state index contributed by atoms with van der Waals surface area (Å²) in [5.41, 5.74) is 1.03. The molecule has 0 fully saturated rings. The van der Waals surface area contributed by atoms with Crippen LogP contribution in [0.5, 0.6) is 0 Å². The molecule has 0 unspecified atom stereocenters. The summed E-state index contributed by atoms with van der Waals surface area (Å²) in [7, 11) is 0. The van der Waals surface area contributed by atoms with Gasteiger partial charge in [0.15, 0.2) is 0 Å². The average Bonchev–Trinajstić information content (AvgIpc) is 2.60. The molecule has 4 aromatic carbocycles. The molecule has 24 heavy (non-hydrogen) atoms. The molecule has 0 saturated carbocycles. The van der Waals surface area contributed by atoms with E-state index < -0.39 is 0 Å². The van der Waals surface area contributed by atoms with E-state index in [2.05, 4.69) is 97.5 Å². The van der Waals surface area contributed by atoms with Crippen molar-refractivity contribution in [1.29, 1.82) is 0 Å².